The molecule has 2 N–H and O–H groups in total. The molecule has 1 aromatic carbocycles. The van der Waals surface area contributed by atoms with Crippen molar-refractivity contribution in [2.75, 3.05) is 7.11 Å². The average Bonchev–Trinajstić information content (AvgIpc) is 2.60. The minimum Gasteiger partial charge on any atom is -0.504 e. The first kappa shape index (κ1) is 21.1. The molecule has 2 rings (SSSR count). The summed E-state index contributed by atoms with van der Waals surface area (Å²) in [4.78, 5) is 0. The molecule has 3 nitrogen and oxygen atoms in total. The standard InChI is InChI=1S/C20H28O3.C2H6/c1-6-11-20(18-14(4)7-10-17(21)19(18)22)12-15(23-5)8-9-16(20)13(2)3;1-2/h7-10,13,21-22H,6,11-12H2,1-5H3;1-2H3. The van der Waals surface area contributed by atoms with Gasteiger partial charge in [-0.05, 0) is 37.0 Å². The smallest absolute Gasteiger partial charge is 0.161 e. The molecule has 0 saturated carbocycles. The lowest BCUT2D eigenvalue weighted by Gasteiger charge is -2.42. The van der Waals surface area contributed by atoms with Crippen molar-refractivity contribution in [1.82, 2.24) is 0 Å². The number of aryl methyl sites for hydroxylation is 1. The van der Waals surface area contributed by atoms with Gasteiger partial charge < -0.3 is 14.9 Å². The topological polar surface area (TPSA) is 49.7 Å². The summed E-state index contributed by atoms with van der Waals surface area (Å²) in [5, 5.41) is 20.7. The number of rotatable bonds is 5. The van der Waals surface area contributed by atoms with Crippen LogP contribution in [0.4, 0.5) is 0 Å². The minimum absolute atomic E-state index is 0.00218. The van der Waals surface area contributed by atoms with Crippen LogP contribution in [-0.4, -0.2) is 17.3 Å². The van der Waals surface area contributed by atoms with Gasteiger partial charge in [-0.15, -0.1) is 0 Å². The SMILES string of the molecule is CC.CCCC1(c2c(C)ccc(O)c2O)CC(OC)=CC=C1C(C)C. The largest absolute Gasteiger partial charge is 0.504 e. The summed E-state index contributed by atoms with van der Waals surface area (Å²) in [7, 11) is 1.69. The Kier molecular flexibility index (Phi) is 7.60. The fraction of sp³-hybridized carbons (Fsp3) is 0.545. The lowest BCUT2D eigenvalue weighted by Crippen LogP contribution is -2.34. The number of benzene rings is 1. The molecule has 0 radical (unpaired) electrons. The Morgan fingerprint density at radius 3 is 2.32 bits per heavy atom. The maximum absolute atomic E-state index is 10.6. The van der Waals surface area contributed by atoms with Crippen molar-refractivity contribution >= 4 is 0 Å². The molecule has 3 heteroatoms. The number of phenolic OH excluding ortho intramolecular Hbond substituents is 2. The van der Waals surface area contributed by atoms with Crippen LogP contribution < -0.4 is 0 Å². The molecule has 0 amide bonds. The van der Waals surface area contributed by atoms with E-state index in [4.69, 9.17) is 4.74 Å². The molecule has 1 aliphatic carbocycles. The van der Waals surface area contributed by atoms with Crippen molar-refractivity contribution in [3.8, 4) is 11.5 Å². The highest BCUT2D eigenvalue weighted by Gasteiger charge is 2.42. The van der Waals surface area contributed by atoms with Crippen molar-refractivity contribution < 1.29 is 14.9 Å². The lowest BCUT2D eigenvalue weighted by atomic mass is 9.62. The van der Waals surface area contributed by atoms with Gasteiger partial charge in [-0.1, -0.05) is 58.8 Å². The van der Waals surface area contributed by atoms with E-state index >= 15 is 0 Å². The van der Waals surface area contributed by atoms with Crippen LogP contribution in [0.5, 0.6) is 11.5 Å². The molecule has 0 spiro atoms. The fourth-order valence-corrected chi connectivity index (χ4v) is 3.99. The lowest BCUT2D eigenvalue weighted by molar-refractivity contribution is 0.240. The minimum atomic E-state index is -0.337. The molecule has 1 unspecified atom stereocenters. The zero-order valence-electron chi connectivity index (χ0n) is 16.8. The van der Waals surface area contributed by atoms with E-state index in [1.54, 1.807) is 13.2 Å². The van der Waals surface area contributed by atoms with Crippen molar-refractivity contribution in [3.63, 3.8) is 0 Å². The van der Waals surface area contributed by atoms with Crippen LogP contribution in [0.2, 0.25) is 0 Å². The van der Waals surface area contributed by atoms with Crippen LogP contribution in [0, 0.1) is 12.8 Å². The first-order valence-corrected chi connectivity index (χ1v) is 9.34. The van der Waals surface area contributed by atoms with E-state index in [0.29, 0.717) is 12.3 Å². The Labute approximate surface area is 153 Å². The van der Waals surface area contributed by atoms with Crippen molar-refractivity contribution in [2.45, 2.75) is 66.2 Å². The number of methoxy groups -OCH3 is 1. The van der Waals surface area contributed by atoms with Crippen LogP contribution in [0.15, 0.2) is 35.6 Å². The van der Waals surface area contributed by atoms with Gasteiger partial charge in [-0.3, -0.25) is 0 Å². The summed E-state index contributed by atoms with van der Waals surface area (Å²) in [6.45, 7) is 12.5. The molecule has 0 aliphatic heterocycles. The molecule has 0 saturated heterocycles. The van der Waals surface area contributed by atoms with Gasteiger partial charge in [0.2, 0.25) is 0 Å². The van der Waals surface area contributed by atoms with E-state index in [-0.39, 0.29) is 16.9 Å². The van der Waals surface area contributed by atoms with Crippen molar-refractivity contribution in [2.24, 2.45) is 5.92 Å². The molecular weight excluding hydrogens is 312 g/mol. The zero-order valence-corrected chi connectivity index (χ0v) is 16.8. The molecule has 1 atom stereocenters. The van der Waals surface area contributed by atoms with Crippen LogP contribution in [-0.2, 0) is 10.2 Å². The average molecular weight is 347 g/mol. The molecule has 0 aromatic heterocycles. The molecule has 1 aromatic rings. The molecule has 140 valence electrons. The third-order valence-electron chi connectivity index (χ3n) is 4.88. The van der Waals surface area contributed by atoms with Gasteiger partial charge in [0.05, 0.1) is 12.9 Å². The second-order valence-corrected chi connectivity index (χ2v) is 6.75. The number of allylic oxidation sites excluding steroid dienone is 4. The number of hydrogen-bond acceptors (Lipinski definition) is 3. The molecule has 0 fully saturated rings. The van der Waals surface area contributed by atoms with Crippen molar-refractivity contribution in [1.29, 1.82) is 0 Å². The second-order valence-electron chi connectivity index (χ2n) is 6.75. The van der Waals surface area contributed by atoms with Gasteiger partial charge >= 0.3 is 0 Å². The summed E-state index contributed by atoms with van der Waals surface area (Å²) >= 11 is 0. The maximum Gasteiger partial charge on any atom is 0.161 e. The number of ether oxygens (including phenoxy) is 1. The van der Waals surface area contributed by atoms with Gasteiger partial charge in [0.1, 0.15) is 0 Å². The maximum atomic E-state index is 10.6. The molecule has 0 heterocycles. The van der Waals surface area contributed by atoms with Crippen LogP contribution >= 0.6 is 0 Å². The number of aromatic hydroxyl groups is 2. The highest BCUT2D eigenvalue weighted by atomic mass is 16.5. The summed E-state index contributed by atoms with van der Waals surface area (Å²) in [6.07, 6.45) is 6.74. The first-order chi connectivity index (χ1) is 11.9. The Morgan fingerprint density at radius 1 is 1.16 bits per heavy atom. The van der Waals surface area contributed by atoms with Crippen molar-refractivity contribution in [3.05, 3.63) is 46.7 Å². The van der Waals surface area contributed by atoms with Crippen LogP contribution in [0.1, 0.15) is 65.0 Å². The summed E-state index contributed by atoms with van der Waals surface area (Å²) in [6, 6.07) is 3.44. The summed E-state index contributed by atoms with van der Waals surface area (Å²) < 4.78 is 5.52. The van der Waals surface area contributed by atoms with Gasteiger partial charge in [-0.25, -0.2) is 0 Å². The van der Waals surface area contributed by atoms with E-state index in [1.165, 1.54) is 5.57 Å². The molecule has 25 heavy (non-hydrogen) atoms. The number of hydrogen-bond donors (Lipinski definition) is 2. The first-order valence-electron chi connectivity index (χ1n) is 9.34. The quantitative estimate of drug-likeness (QED) is 0.644. The van der Waals surface area contributed by atoms with E-state index < -0.39 is 0 Å². The highest BCUT2D eigenvalue weighted by molar-refractivity contribution is 5.57. The van der Waals surface area contributed by atoms with Gasteiger partial charge in [0, 0.05) is 17.4 Å². The summed E-state index contributed by atoms with van der Waals surface area (Å²) in [5.41, 5.74) is 2.78. The van der Waals surface area contributed by atoms with Crippen LogP contribution in [0.25, 0.3) is 0 Å². The predicted octanol–water partition coefficient (Wildman–Crippen LogP) is 5.99. The third-order valence-corrected chi connectivity index (χ3v) is 4.88. The van der Waals surface area contributed by atoms with E-state index in [1.807, 2.05) is 32.9 Å². The highest BCUT2D eigenvalue weighted by Crippen LogP contribution is 2.52. The van der Waals surface area contributed by atoms with E-state index in [0.717, 1.165) is 29.7 Å². The van der Waals surface area contributed by atoms with E-state index in [9.17, 15) is 10.2 Å². The Bertz CT molecular complexity index is 641. The fourth-order valence-electron chi connectivity index (χ4n) is 3.99. The van der Waals surface area contributed by atoms with E-state index in [2.05, 4.69) is 26.8 Å². The Balaban J connectivity index is 0.00000151. The third kappa shape index (κ3) is 4.02. The second kappa shape index (κ2) is 8.98. The molecule has 0 bridgehead atoms. The van der Waals surface area contributed by atoms with Gasteiger partial charge in [-0.2, -0.15) is 0 Å². The van der Waals surface area contributed by atoms with Gasteiger partial charge in [0.15, 0.2) is 11.5 Å². The normalized spacial score (nSPS) is 19.7. The Morgan fingerprint density at radius 2 is 1.80 bits per heavy atom. The predicted molar refractivity (Wildman–Crippen MR) is 105 cm³/mol. The van der Waals surface area contributed by atoms with Gasteiger partial charge in [0.25, 0.3) is 0 Å². The monoisotopic (exact) mass is 346 g/mol. The number of phenols is 2. The molecule has 1 aliphatic rings. The van der Waals surface area contributed by atoms with Crippen LogP contribution in [0.3, 0.4) is 0 Å². The Hall–Kier alpha value is -1.90. The molecular formula is C22H34O3. The summed E-state index contributed by atoms with van der Waals surface area (Å²) in [5.74, 6) is 1.20. The zero-order chi connectivity index (χ0) is 19.2.